The van der Waals surface area contributed by atoms with Gasteiger partial charge in [0.25, 0.3) is 0 Å². The second kappa shape index (κ2) is 5.63. The molecule has 0 saturated heterocycles. The first-order valence-electron chi connectivity index (χ1n) is 6.14. The highest BCUT2D eigenvalue weighted by molar-refractivity contribution is 7.07. The van der Waals surface area contributed by atoms with E-state index in [1.54, 1.807) is 11.3 Å². The van der Waals surface area contributed by atoms with Crippen molar-refractivity contribution in [3.8, 4) is 6.07 Å². The lowest BCUT2D eigenvalue weighted by Gasteiger charge is -2.33. The molecule has 1 fully saturated rings. The average Bonchev–Trinajstić information content (AvgIpc) is 3.00. The van der Waals surface area contributed by atoms with Crippen LogP contribution >= 0.6 is 11.3 Å². The SMILES string of the molecule is CC(N)C(c1ccsc1)N(CCC#N)C1CC1. The van der Waals surface area contributed by atoms with Crippen LogP contribution in [-0.4, -0.2) is 23.5 Å². The first kappa shape index (κ1) is 12.6. The number of nitrogens with two attached hydrogens (primary N) is 1. The maximum atomic E-state index is 8.76. The van der Waals surface area contributed by atoms with Crippen LogP contribution in [0.3, 0.4) is 0 Å². The Kier molecular flexibility index (Phi) is 4.16. The van der Waals surface area contributed by atoms with E-state index in [2.05, 4.69) is 34.7 Å². The average molecular weight is 249 g/mol. The molecule has 1 heterocycles. The second-order valence-corrected chi connectivity index (χ2v) is 5.52. The molecular weight excluding hydrogens is 230 g/mol. The summed E-state index contributed by atoms with van der Waals surface area (Å²) in [6, 6.07) is 5.40. The summed E-state index contributed by atoms with van der Waals surface area (Å²) in [4.78, 5) is 2.43. The molecule has 0 spiro atoms. The van der Waals surface area contributed by atoms with Gasteiger partial charge in [0, 0.05) is 25.0 Å². The first-order valence-corrected chi connectivity index (χ1v) is 7.08. The molecular formula is C13H19N3S. The lowest BCUT2D eigenvalue weighted by atomic mass is 10.0. The molecule has 4 heteroatoms. The van der Waals surface area contributed by atoms with E-state index in [4.69, 9.17) is 11.0 Å². The Morgan fingerprint density at radius 3 is 2.88 bits per heavy atom. The quantitative estimate of drug-likeness (QED) is 0.843. The Bertz CT molecular complexity index is 376. The fourth-order valence-electron chi connectivity index (χ4n) is 2.37. The molecule has 0 bridgehead atoms. The van der Waals surface area contributed by atoms with Crippen molar-refractivity contribution in [1.29, 1.82) is 5.26 Å². The molecule has 0 aliphatic heterocycles. The van der Waals surface area contributed by atoms with Gasteiger partial charge < -0.3 is 5.73 Å². The normalized spacial score (nSPS) is 18.9. The Morgan fingerprint density at radius 1 is 1.65 bits per heavy atom. The van der Waals surface area contributed by atoms with E-state index < -0.39 is 0 Å². The van der Waals surface area contributed by atoms with Crippen LogP contribution < -0.4 is 5.73 Å². The number of hydrogen-bond acceptors (Lipinski definition) is 4. The van der Waals surface area contributed by atoms with E-state index in [0.717, 1.165) is 6.54 Å². The molecule has 0 aromatic carbocycles. The van der Waals surface area contributed by atoms with Crippen molar-refractivity contribution in [3.63, 3.8) is 0 Å². The molecule has 2 N–H and O–H groups in total. The maximum Gasteiger partial charge on any atom is 0.0635 e. The van der Waals surface area contributed by atoms with Crippen LogP contribution in [0.1, 0.15) is 37.8 Å². The molecule has 2 atom stereocenters. The van der Waals surface area contributed by atoms with E-state index >= 15 is 0 Å². The number of thiophene rings is 1. The van der Waals surface area contributed by atoms with Crippen LogP contribution in [-0.2, 0) is 0 Å². The van der Waals surface area contributed by atoms with Crippen molar-refractivity contribution in [2.45, 2.75) is 44.3 Å². The van der Waals surface area contributed by atoms with Crippen molar-refractivity contribution in [2.24, 2.45) is 5.73 Å². The molecule has 1 aromatic rings. The predicted molar refractivity (Wildman–Crippen MR) is 70.7 cm³/mol. The van der Waals surface area contributed by atoms with Crippen molar-refractivity contribution in [3.05, 3.63) is 22.4 Å². The molecule has 1 aliphatic carbocycles. The van der Waals surface area contributed by atoms with Crippen LogP contribution in [0.5, 0.6) is 0 Å². The minimum atomic E-state index is 0.101. The number of rotatable bonds is 6. The summed E-state index contributed by atoms with van der Waals surface area (Å²) in [6.45, 7) is 2.90. The monoisotopic (exact) mass is 249 g/mol. The van der Waals surface area contributed by atoms with Crippen molar-refractivity contribution in [2.75, 3.05) is 6.54 Å². The van der Waals surface area contributed by atoms with Crippen molar-refractivity contribution >= 4 is 11.3 Å². The fourth-order valence-corrected chi connectivity index (χ4v) is 3.06. The van der Waals surface area contributed by atoms with Crippen molar-refractivity contribution in [1.82, 2.24) is 4.90 Å². The van der Waals surface area contributed by atoms with Gasteiger partial charge in [0.05, 0.1) is 12.1 Å². The fraction of sp³-hybridized carbons (Fsp3) is 0.615. The summed E-state index contributed by atoms with van der Waals surface area (Å²) in [5, 5.41) is 13.0. The van der Waals surface area contributed by atoms with Gasteiger partial charge in [-0.05, 0) is 42.2 Å². The van der Waals surface area contributed by atoms with Crippen LogP contribution in [0.15, 0.2) is 16.8 Å². The molecule has 0 amide bonds. The molecule has 1 saturated carbocycles. The van der Waals surface area contributed by atoms with Gasteiger partial charge >= 0.3 is 0 Å². The highest BCUT2D eigenvalue weighted by Crippen LogP contribution is 2.36. The smallest absolute Gasteiger partial charge is 0.0635 e. The van der Waals surface area contributed by atoms with Gasteiger partial charge in [0.1, 0.15) is 0 Å². The molecule has 2 rings (SSSR count). The van der Waals surface area contributed by atoms with E-state index in [1.807, 2.05) is 0 Å². The van der Waals surface area contributed by atoms with E-state index in [1.165, 1.54) is 18.4 Å². The van der Waals surface area contributed by atoms with Gasteiger partial charge in [0.15, 0.2) is 0 Å². The molecule has 17 heavy (non-hydrogen) atoms. The van der Waals surface area contributed by atoms with Crippen LogP contribution in [0.25, 0.3) is 0 Å². The van der Waals surface area contributed by atoms with Gasteiger partial charge in [-0.1, -0.05) is 0 Å². The third-order valence-electron chi connectivity index (χ3n) is 3.24. The van der Waals surface area contributed by atoms with E-state index in [9.17, 15) is 0 Å². The van der Waals surface area contributed by atoms with Crippen molar-refractivity contribution < 1.29 is 0 Å². The first-order chi connectivity index (χ1) is 8.24. The van der Waals surface area contributed by atoms with Gasteiger partial charge in [0.2, 0.25) is 0 Å². The van der Waals surface area contributed by atoms with Crippen LogP contribution in [0, 0.1) is 11.3 Å². The third-order valence-corrected chi connectivity index (χ3v) is 3.94. The van der Waals surface area contributed by atoms with E-state index in [-0.39, 0.29) is 12.1 Å². The van der Waals surface area contributed by atoms with Crippen LogP contribution in [0.4, 0.5) is 0 Å². The summed E-state index contributed by atoms with van der Waals surface area (Å²) < 4.78 is 0. The lowest BCUT2D eigenvalue weighted by Crippen LogP contribution is -2.41. The van der Waals surface area contributed by atoms with Gasteiger partial charge in [-0.2, -0.15) is 16.6 Å². The predicted octanol–water partition coefficient (Wildman–Crippen LogP) is 2.51. The number of nitrogens with zero attached hydrogens (tertiary/aromatic N) is 2. The summed E-state index contributed by atoms with van der Waals surface area (Å²) in [5.41, 5.74) is 7.45. The molecule has 1 aromatic heterocycles. The van der Waals surface area contributed by atoms with E-state index in [0.29, 0.717) is 12.5 Å². The highest BCUT2D eigenvalue weighted by Gasteiger charge is 2.35. The molecule has 0 radical (unpaired) electrons. The summed E-state index contributed by atoms with van der Waals surface area (Å²) in [6.07, 6.45) is 3.08. The lowest BCUT2D eigenvalue weighted by molar-refractivity contribution is 0.170. The minimum absolute atomic E-state index is 0.101. The zero-order valence-corrected chi connectivity index (χ0v) is 11.0. The molecule has 3 nitrogen and oxygen atoms in total. The Morgan fingerprint density at radius 2 is 2.41 bits per heavy atom. The largest absolute Gasteiger partial charge is 0.326 e. The Hall–Kier alpha value is -0.890. The third kappa shape index (κ3) is 3.06. The molecule has 92 valence electrons. The highest BCUT2D eigenvalue weighted by atomic mass is 32.1. The maximum absolute atomic E-state index is 8.76. The summed E-state index contributed by atoms with van der Waals surface area (Å²) in [7, 11) is 0. The zero-order valence-electron chi connectivity index (χ0n) is 10.2. The summed E-state index contributed by atoms with van der Waals surface area (Å²) >= 11 is 1.71. The van der Waals surface area contributed by atoms with Gasteiger partial charge in [-0.15, -0.1) is 0 Å². The molecule has 1 aliphatic rings. The Labute approximate surface area is 107 Å². The second-order valence-electron chi connectivity index (χ2n) is 4.74. The minimum Gasteiger partial charge on any atom is -0.326 e. The molecule has 2 unspecified atom stereocenters. The number of hydrogen-bond donors (Lipinski definition) is 1. The van der Waals surface area contributed by atoms with Crippen LogP contribution in [0.2, 0.25) is 0 Å². The Balaban J connectivity index is 2.15. The van der Waals surface area contributed by atoms with Gasteiger partial charge in [-0.25, -0.2) is 0 Å². The topological polar surface area (TPSA) is 53.0 Å². The van der Waals surface area contributed by atoms with Gasteiger partial charge in [-0.3, -0.25) is 4.90 Å². The summed E-state index contributed by atoms with van der Waals surface area (Å²) in [5.74, 6) is 0. The standard InChI is InChI=1S/C13H19N3S/c1-10(15)13(11-5-8-17-9-11)16(7-2-6-14)12-3-4-12/h5,8-10,12-13H,2-4,7,15H2,1H3. The number of nitriles is 1. The zero-order chi connectivity index (χ0) is 12.3.